The average molecular weight is 237 g/mol. The first-order chi connectivity index (χ1) is 7.97. The summed E-state index contributed by atoms with van der Waals surface area (Å²) in [6, 6.07) is 4.62. The average Bonchev–Trinajstić information content (AvgIpc) is 2.27. The second-order valence-corrected chi connectivity index (χ2v) is 3.43. The molecule has 0 aromatic heterocycles. The van der Waals surface area contributed by atoms with Gasteiger partial charge < -0.3 is 4.74 Å². The number of methoxy groups -OCH3 is 1. The van der Waals surface area contributed by atoms with Gasteiger partial charge in [-0.2, -0.15) is 0 Å². The Bertz CT molecular complexity index is 481. The Labute approximate surface area is 97.3 Å². The molecule has 90 valence electrons. The topological polar surface area (TPSA) is 86.5 Å². The maximum absolute atomic E-state index is 11.3. The van der Waals surface area contributed by atoms with E-state index in [-0.39, 0.29) is 17.7 Å². The van der Waals surface area contributed by atoms with Crippen molar-refractivity contribution in [3.8, 4) is 0 Å². The van der Waals surface area contributed by atoms with E-state index in [1.165, 1.54) is 6.07 Å². The number of nitro benzene ring substituents is 1. The summed E-state index contributed by atoms with van der Waals surface area (Å²) in [6.07, 6.45) is -0.329. The molecule has 0 heterocycles. The van der Waals surface area contributed by atoms with Gasteiger partial charge in [0.15, 0.2) is 0 Å². The lowest BCUT2D eigenvalue weighted by atomic mass is 10.0. The smallest absolute Gasteiger partial charge is 0.374 e. The zero-order valence-electron chi connectivity index (χ0n) is 9.43. The first-order valence-electron chi connectivity index (χ1n) is 4.81. The number of ether oxygens (including phenoxy) is 1. The van der Waals surface area contributed by atoms with Gasteiger partial charge in [0.2, 0.25) is 5.78 Å². The first kappa shape index (κ1) is 12.8. The molecule has 0 saturated heterocycles. The molecule has 6 heteroatoms. The number of carbonyl (C=O) groups excluding carboxylic acids is 2. The Hall–Kier alpha value is -2.24. The Balaban J connectivity index is 3.07. The lowest BCUT2D eigenvalue weighted by Crippen LogP contribution is -2.18. The first-order valence-corrected chi connectivity index (χ1v) is 4.81. The number of hydrogen-bond acceptors (Lipinski definition) is 5. The molecule has 1 aromatic rings. The molecule has 1 aromatic carbocycles. The summed E-state index contributed by atoms with van der Waals surface area (Å²) < 4.78 is 4.26. The Morgan fingerprint density at radius 2 is 2.06 bits per heavy atom. The fourth-order valence-electron chi connectivity index (χ4n) is 1.48. The molecular formula is C11H11NO5. The highest BCUT2D eigenvalue weighted by Crippen LogP contribution is 2.23. The molecule has 17 heavy (non-hydrogen) atoms. The predicted molar refractivity (Wildman–Crippen MR) is 58.6 cm³/mol. The molecule has 6 nitrogen and oxygen atoms in total. The number of para-hydroxylation sites is 1. The van der Waals surface area contributed by atoms with Crippen LogP contribution in [0.2, 0.25) is 0 Å². The largest absolute Gasteiger partial charge is 0.463 e. The lowest BCUT2D eigenvalue weighted by Gasteiger charge is -2.03. The van der Waals surface area contributed by atoms with Gasteiger partial charge in [-0.15, -0.1) is 0 Å². The maximum atomic E-state index is 11.3. The van der Waals surface area contributed by atoms with E-state index in [2.05, 4.69) is 4.74 Å². The number of carbonyl (C=O) groups is 2. The Morgan fingerprint density at radius 1 is 1.41 bits per heavy atom. The number of aryl methyl sites for hydroxylation is 1. The van der Waals surface area contributed by atoms with E-state index in [4.69, 9.17) is 0 Å². The zero-order valence-corrected chi connectivity index (χ0v) is 9.43. The molecule has 0 amide bonds. The second kappa shape index (κ2) is 5.20. The van der Waals surface area contributed by atoms with Crippen LogP contribution in [0.5, 0.6) is 0 Å². The summed E-state index contributed by atoms with van der Waals surface area (Å²) in [5, 5.41) is 10.8. The Kier molecular flexibility index (Phi) is 3.92. The predicted octanol–water partition coefficient (Wildman–Crippen LogP) is 1.19. The number of benzene rings is 1. The summed E-state index contributed by atoms with van der Waals surface area (Å²) in [4.78, 5) is 32.6. The lowest BCUT2D eigenvalue weighted by molar-refractivity contribution is -0.386. The van der Waals surface area contributed by atoms with Gasteiger partial charge in [0.1, 0.15) is 0 Å². The van der Waals surface area contributed by atoms with Gasteiger partial charge in [0.05, 0.1) is 12.0 Å². The van der Waals surface area contributed by atoms with Gasteiger partial charge in [-0.05, 0) is 6.92 Å². The molecule has 0 atom stereocenters. The fourth-order valence-corrected chi connectivity index (χ4v) is 1.48. The summed E-state index contributed by atoms with van der Waals surface area (Å²) in [5.41, 5.74) is 0.528. The Morgan fingerprint density at radius 3 is 2.59 bits per heavy atom. The summed E-state index contributed by atoms with van der Waals surface area (Å²) >= 11 is 0. The highest BCUT2D eigenvalue weighted by molar-refractivity contribution is 6.34. The van der Waals surface area contributed by atoms with Gasteiger partial charge in [-0.3, -0.25) is 14.9 Å². The third kappa shape index (κ3) is 2.87. The van der Waals surface area contributed by atoms with Gasteiger partial charge in [0, 0.05) is 17.5 Å². The number of nitro groups is 1. The molecule has 1 rings (SSSR count). The quantitative estimate of drug-likeness (QED) is 0.339. The normalized spacial score (nSPS) is 9.76. The number of ketones is 1. The molecule has 0 saturated carbocycles. The van der Waals surface area contributed by atoms with E-state index >= 15 is 0 Å². The van der Waals surface area contributed by atoms with E-state index in [0.29, 0.717) is 5.56 Å². The van der Waals surface area contributed by atoms with Crippen LogP contribution in [-0.2, 0) is 20.7 Å². The van der Waals surface area contributed by atoms with Crippen molar-refractivity contribution in [3.63, 3.8) is 0 Å². The van der Waals surface area contributed by atoms with Crippen molar-refractivity contribution in [2.45, 2.75) is 13.3 Å². The maximum Gasteiger partial charge on any atom is 0.374 e. The van der Waals surface area contributed by atoms with Crippen LogP contribution in [0.1, 0.15) is 11.1 Å². The molecule has 0 aliphatic heterocycles. The number of rotatable bonds is 4. The highest BCUT2D eigenvalue weighted by atomic mass is 16.6. The van der Waals surface area contributed by atoms with Crippen LogP contribution in [0, 0.1) is 17.0 Å². The number of Topliss-reactive ketones (excluding diaryl/α,β-unsaturated/α-hetero) is 1. The summed E-state index contributed by atoms with van der Waals surface area (Å²) in [7, 11) is 1.09. The van der Waals surface area contributed by atoms with Crippen molar-refractivity contribution >= 4 is 17.4 Å². The SMILES string of the molecule is COC(=O)C(=O)Cc1cccc(C)c1[N+](=O)[O-]. The van der Waals surface area contributed by atoms with E-state index in [9.17, 15) is 19.7 Å². The van der Waals surface area contributed by atoms with E-state index in [1.807, 2.05) is 0 Å². The highest BCUT2D eigenvalue weighted by Gasteiger charge is 2.22. The van der Waals surface area contributed by atoms with Crippen molar-refractivity contribution < 1.29 is 19.2 Å². The van der Waals surface area contributed by atoms with Crippen LogP contribution < -0.4 is 0 Å². The van der Waals surface area contributed by atoms with Crippen molar-refractivity contribution in [1.29, 1.82) is 0 Å². The number of nitrogens with zero attached hydrogens (tertiary/aromatic N) is 1. The molecule has 0 radical (unpaired) electrons. The third-order valence-electron chi connectivity index (χ3n) is 2.27. The molecule has 0 N–H and O–H groups in total. The van der Waals surface area contributed by atoms with Crippen molar-refractivity contribution in [3.05, 3.63) is 39.4 Å². The summed E-state index contributed by atoms with van der Waals surface area (Å²) in [5.74, 6) is -1.80. The second-order valence-electron chi connectivity index (χ2n) is 3.43. The minimum atomic E-state index is -0.999. The monoisotopic (exact) mass is 237 g/mol. The van der Waals surface area contributed by atoms with Gasteiger partial charge in [-0.25, -0.2) is 4.79 Å². The van der Waals surface area contributed by atoms with E-state index in [0.717, 1.165) is 7.11 Å². The molecule has 0 aliphatic carbocycles. The van der Waals surface area contributed by atoms with Crippen LogP contribution in [0.15, 0.2) is 18.2 Å². The minimum Gasteiger partial charge on any atom is -0.463 e. The van der Waals surface area contributed by atoms with Gasteiger partial charge in [0.25, 0.3) is 5.69 Å². The van der Waals surface area contributed by atoms with Crippen LogP contribution in [0.4, 0.5) is 5.69 Å². The van der Waals surface area contributed by atoms with Crippen LogP contribution in [0.25, 0.3) is 0 Å². The van der Waals surface area contributed by atoms with Gasteiger partial charge >= 0.3 is 5.97 Å². The van der Waals surface area contributed by atoms with Crippen molar-refractivity contribution in [2.75, 3.05) is 7.11 Å². The molecule has 0 bridgehead atoms. The molecule has 0 aliphatic rings. The summed E-state index contributed by atoms with van der Waals surface area (Å²) in [6.45, 7) is 1.57. The molecule has 0 fully saturated rings. The fraction of sp³-hybridized carbons (Fsp3) is 0.273. The zero-order chi connectivity index (χ0) is 13.0. The molecule has 0 spiro atoms. The van der Waals surface area contributed by atoms with E-state index in [1.54, 1.807) is 19.1 Å². The number of hydrogen-bond donors (Lipinski definition) is 0. The number of esters is 1. The minimum absolute atomic E-state index is 0.134. The third-order valence-corrected chi connectivity index (χ3v) is 2.27. The van der Waals surface area contributed by atoms with Crippen LogP contribution in [-0.4, -0.2) is 23.8 Å². The molecular weight excluding hydrogens is 226 g/mol. The standard InChI is InChI=1S/C11H11NO5/c1-7-4-3-5-8(10(7)12(15)16)6-9(13)11(14)17-2/h3-5H,6H2,1-2H3. The van der Waals surface area contributed by atoms with E-state index < -0.39 is 16.7 Å². The van der Waals surface area contributed by atoms with Crippen molar-refractivity contribution in [2.24, 2.45) is 0 Å². The van der Waals surface area contributed by atoms with Crippen LogP contribution >= 0.6 is 0 Å². The van der Waals surface area contributed by atoms with Crippen LogP contribution in [0.3, 0.4) is 0 Å². The molecule has 0 unspecified atom stereocenters. The van der Waals surface area contributed by atoms with Crippen molar-refractivity contribution in [1.82, 2.24) is 0 Å². The van der Waals surface area contributed by atoms with Gasteiger partial charge in [-0.1, -0.05) is 18.2 Å².